The molecule has 1 aliphatic rings. The molecule has 1 aromatic carbocycles. The SMILES string of the molecule is CCN(CC)CCn1c(C)cc(C)c1/C=C1\C(=O)Nc2ccc(C(=O)CC#N)cc21. The van der Waals surface area contributed by atoms with Crippen molar-refractivity contribution in [3.63, 3.8) is 0 Å². The Morgan fingerprint density at radius 1 is 1.23 bits per heavy atom. The van der Waals surface area contributed by atoms with Crippen LogP contribution in [0, 0.1) is 25.2 Å². The number of hydrogen-bond acceptors (Lipinski definition) is 4. The Morgan fingerprint density at radius 2 is 1.97 bits per heavy atom. The standard InChI is InChI=1S/C24H28N4O2/c1-5-27(6-2)11-12-28-17(4)13-16(3)22(28)15-20-19-14-18(23(29)9-10-25)7-8-21(19)26-24(20)30/h7-8,13-15H,5-6,9,11-12H2,1-4H3,(H,26,30)/b20-15-. The van der Waals surface area contributed by atoms with E-state index in [-0.39, 0.29) is 18.1 Å². The number of rotatable bonds is 8. The Kier molecular flexibility index (Phi) is 6.53. The summed E-state index contributed by atoms with van der Waals surface area (Å²) in [6, 6.07) is 9.13. The van der Waals surface area contributed by atoms with Gasteiger partial charge in [-0.05, 0) is 62.8 Å². The van der Waals surface area contributed by atoms with Crippen LogP contribution in [-0.4, -0.2) is 40.8 Å². The second-order valence-corrected chi connectivity index (χ2v) is 7.56. The van der Waals surface area contributed by atoms with E-state index in [1.54, 1.807) is 18.2 Å². The molecular weight excluding hydrogens is 376 g/mol. The number of Topliss-reactive ketones (excluding diaryl/α,β-unsaturated/α-hetero) is 1. The lowest BCUT2D eigenvalue weighted by atomic mass is 10.00. The molecule has 0 saturated carbocycles. The summed E-state index contributed by atoms with van der Waals surface area (Å²) in [5.74, 6) is -0.419. The van der Waals surface area contributed by atoms with Crippen molar-refractivity contribution in [2.24, 2.45) is 0 Å². The zero-order valence-electron chi connectivity index (χ0n) is 18.1. The van der Waals surface area contributed by atoms with Gasteiger partial charge in [-0.25, -0.2) is 0 Å². The van der Waals surface area contributed by atoms with Crippen LogP contribution in [0.4, 0.5) is 5.69 Å². The van der Waals surface area contributed by atoms with Gasteiger partial charge in [0.25, 0.3) is 5.91 Å². The monoisotopic (exact) mass is 404 g/mol. The Labute approximate surface area is 177 Å². The lowest BCUT2D eigenvalue weighted by Crippen LogP contribution is -2.27. The van der Waals surface area contributed by atoms with E-state index in [4.69, 9.17) is 5.26 Å². The largest absolute Gasteiger partial charge is 0.344 e. The maximum absolute atomic E-state index is 12.7. The fraction of sp³-hybridized carbons (Fsp3) is 0.375. The first-order valence-electron chi connectivity index (χ1n) is 10.4. The van der Waals surface area contributed by atoms with Gasteiger partial charge in [0.05, 0.1) is 18.1 Å². The van der Waals surface area contributed by atoms with Crippen LogP contribution in [0.3, 0.4) is 0 Å². The number of aromatic nitrogens is 1. The van der Waals surface area contributed by atoms with Crippen molar-refractivity contribution in [3.8, 4) is 6.07 Å². The van der Waals surface area contributed by atoms with E-state index in [0.29, 0.717) is 22.4 Å². The highest BCUT2D eigenvalue weighted by Gasteiger charge is 2.26. The first kappa shape index (κ1) is 21.5. The number of benzene rings is 1. The summed E-state index contributed by atoms with van der Waals surface area (Å²) in [6.07, 6.45) is 1.75. The van der Waals surface area contributed by atoms with E-state index >= 15 is 0 Å². The van der Waals surface area contributed by atoms with Crippen LogP contribution < -0.4 is 5.32 Å². The number of likely N-dealkylation sites (N-methyl/N-ethyl adjacent to an activating group) is 1. The van der Waals surface area contributed by atoms with Crippen LogP contribution in [0.1, 0.15) is 53.1 Å². The number of nitrogens with one attached hydrogen (secondary N) is 1. The molecule has 0 radical (unpaired) electrons. The van der Waals surface area contributed by atoms with Gasteiger partial charge in [-0.1, -0.05) is 13.8 Å². The number of carbonyl (C=O) groups excluding carboxylic acids is 2. The molecular formula is C24H28N4O2. The van der Waals surface area contributed by atoms with E-state index in [9.17, 15) is 9.59 Å². The maximum Gasteiger partial charge on any atom is 0.256 e. The topological polar surface area (TPSA) is 78.1 Å². The molecule has 1 aromatic heterocycles. The van der Waals surface area contributed by atoms with Crippen molar-refractivity contribution in [2.75, 3.05) is 25.0 Å². The van der Waals surface area contributed by atoms with Crippen molar-refractivity contribution in [1.29, 1.82) is 5.26 Å². The van der Waals surface area contributed by atoms with Crippen molar-refractivity contribution in [2.45, 2.75) is 40.7 Å². The molecule has 3 rings (SSSR count). The Morgan fingerprint density at radius 3 is 2.63 bits per heavy atom. The Hall–Kier alpha value is -3.17. The molecule has 1 N–H and O–H groups in total. The van der Waals surface area contributed by atoms with Gasteiger partial charge in [-0.3, -0.25) is 9.59 Å². The van der Waals surface area contributed by atoms with Crippen molar-refractivity contribution in [1.82, 2.24) is 9.47 Å². The number of nitrogens with zero attached hydrogens (tertiary/aromatic N) is 3. The molecule has 0 fully saturated rings. The highest BCUT2D eigenvalue weighted by Crippen LogP contribution is 2.35. The van der Waals surface area contributed by atoms with Gasteiger partial charge in [-0.2, -0.15) is 5.26 Å². The predicted molar refractivity (Wildman–Crippen MR) is 119 cm³/mol. The van der Waals surface area contributed by atoms with E-state index < -0.39 is 0 Å². The molecule has 0 spiro atoms. The molecule has 2 aromatic rings. The summed E-state index contributed by atoms with van der Waals surface area (Å²) in [5, 5.41) is 11.7. The van der Waals surface area contributed by atoms with Gasteiger partial charge in [0.1, 0.15) is 0 Å². The van der Waals surface area contributed by atoms with Crippen LogP contribution in [-0.2, 0) is 11.3 Å². The zero-order valence-corrected chi connectivity index (χ0v) is 18.1. The lowest BCUT2D eigenvalue weighted by Gasteiger charge is -2.20. The quantitative estimate of drug-likeness (QED) is 0.532. The smallest absolute Gasteiger partial charge is 0.256 e. The number of aryl methyl sites for hydroxylation is 2. The number of fused-ring (bicyclic) bond motifs is 1. The summed E-state index contributed by atoms with van der Waals surface area (Å²) in [4.78, 5) is 27.2. The van der Waals surface area contributed by atoms with Gasteiger partial charge < -0.3 is 14.8 Å². The maximum atomic E-state index is 12.7. The number of hydrogen-bond donors (Lipinski definition) is 1. The second-order valence-electron chi connectivity index (χ2n) is 7.56. The molecule has 0 unspecified atom stereocenters. The minimum absolute atomic E-state index is 0.175. The minimum Gasteiger partial charge on any atom is -0.344 e. The first-order valence-corrected chi connectivity index (χ1v) is 10.4. The van der Waals surface area contributed by atoms with E-state index in [1.807, 2.05) is 19.1 Å². The van der Waals surface area contributed by atoms with Crippen molar-refractivity contribution < 1.29 is 9.59 Å². The molecule has 0 atom stereocenters. The molecule has 2 heterocycles. The molecule has 6 heteroatoms. The highest BCUT2D eigenvalue weighted by atomic mass is 16.2. The second kappa shape index (κ2) is 9.10. The number of amides is 1. The van der Waals surface area contributed by atoms with Crippen LogP contribution in [0.15, 0.2) is 24.3 Å². The molecule has 0 bridgehead atoms. The molecule has 30 heavy (non-hydrogen) atoms. The fourth-order valence-electron chi connectivity index (χ4n) is 3.95. The van der Waals surface area contributed by atoms with Crippen molar-refractivity contribution >= 4 is 29.0 Å². The third kappa shape index (κ3) is 4.22. The molecule has 1 aliphatic heterocycles. The van der Waals surface area contributed by atoms with Crippen LogP contribution in [0.2, 0.25) is 0 Å². The molecule has 0 saturated heterocycles. The number of carbonyl (C=O) groups is 2. The summed E-state index contributed by atoms with van der Waals surface area (Å²) in [5.41, 5.74) is 5.66. The fourth-order valence-corrected chi connectivity index (χ4v) is 3.95. The normalized spacial score (nSPS) is 14.1. The van der Waals surface area contributed by atoms with Gasteiger partial charge >= 0.3 is 0 Å². The summed E-state index contributed by atoms with van der Waals surface area (Å²) >= 11 is 0. The van der Waals surface area contributed by atoms with Gasteiger partial charge in [0.15, 0.2) is 5.78 Å². The van der Waals surface area contributed by atoms with Gasteiger partial charge in [0, 0.05) is 41.3 Å². The summed E-state index contributed by atoms with van der Waals surface area (Å²) in [7, 11) is 0. The van der Waals surface area contributed by atoms with E-state index in [1.165, 1.54) is 0 Å². The van der Waals surface area contributed by atoms with E-state index in [2.05, 4.69) is 41.6 Å². The van der Waals surface area contributed by atoms with E-state index in [0.717, 1.165) is 43.1 Å². The minimum atomic E-state index is -0.242. The molecule has 0 aliphatic carbocycles. The zero-order chi connectivity index (χ0) is 21.8. The summed E-state index contributed by atoms with van der Waals surface area (Å²) < 4.78 is 2.25. The number of anilines is 1. The molecule has 6 nitrogen and oxygen atoms in total. The summed E-state index contributed by atoms with van der Waals surface area (Å²) in [6.45, 7) is 12.2. The highest BCUT2D eigenvalue weighted by molar-refractivity contribution is 6.35. The van der Waals surface area contributed by atoms with Gasteiger partial charge in [-0.15, -0.1) is 0 Å². The third-order valence-corrected chi connectivity index (χ3v) is 5.73. The van der Waals surface area contributed by atoms with Crippen molar-refractivity contribution in [3.05, 3.63) is 52.3 Å². The van der Waals surface area contributed by atoms with Crippen LogP contribution in [0.25, 0.3) is 11.6 Å². The Balaban J connectivity index is 2.01. The van der Waals surface area contributed by atoms with Crippen LogP contribution in [0.5, 0.6) is 0 Å². The average Bonchev–Trinajstić information content (AvgIpc) is 3.18. The lowest BCUT2D eigenvalue weighted by molar-refractivity contribution is -0.110. The molecule has 1 amide bonds. The average molecular weight is 405 g/mol. The first-order chi connectivity index (χ1) is 14.4. The number of ketones is 1. The molecule has 156 valence electrons. The Bertz CT molecular complexity index is 1050. The third-order valence-electron chi connectivity index (χ3n) is 5.73. The number of nitriles is 1. The van der Waals surface area contributed by atoms with Crippen LogP contribution >= 0.6 is 0 Å². The predicted octanol–water partition coefficient (Wildman–Crippen LogP) is 4.04. The van der Waals surface area contributed by atoms with Gasteiger partial charge in [0.2, 0.25) is 0 Å².